The van der Waals surface area contributed by atoms with E-state index >= 15 is 0 Å². The molecule has 0 aromatic carbocycles. The van der Waals surface area contributed by atoms with Gasteiger partial charge >= 0.3 is 0 Å². The smallest absolute Gasteiger partial charge is 0.151 e. The Balaban J connectivity index is 1.78. The van der Waals surface area contributed by atoms with E-state index in [0.29, 0.717) is 5.92 Å². The Morgan fingerprint density at radius 3 is 2.67 bits per heavy atom. The van der Waals surface area contributed by atoms with Crippen LogP contribution >= 0.6 is 0 Å². The van der Waals surface area contributed by atoms with E-state index in [-0.39, 0.29) is 5.54 Å². The number of rotatable bonds is 2. The molecule has 1 saturated heterocycles. The summed E-state index contributed by atoms with van der Waals surface area (Å²) in [7, 11) is 0. The fraction of sp³-hybridized carbons (Fsp3) is 0.714. The molecule has 1 N–H and O–H groups in total. The standard InChI is InChI=1S/C14H22N4/c1-14(2)10-15-8-9-18(14)13-7-6-12(16-17-13)11-4-3-5-11/h6-7,11,15H,3-5,8-10H2,1-2H3. The lowest BCUT2D eigenvalue weighted by Gasteiger charge is -2.43. The third-order valence-corrected chi connectivity index (χ3v) is 4.27. The van der Waals surface area contributed by atoms with Crippen LogP contribution in [-0.4, -0.2) is 35.4 Å². The zero-order valence-electron chi connectivity index (χ0n) is 11.3. The maximum atomic E-state index is 4.45. The Labute approximate surface area is 109 Å². The van der Waals surface area contributed by atoms with Crippen LogP contribution in [0.3, 0.4) is 0 Å². The van der Waals surface area contributed by atoms with Crippen molar-refractivity contribution >= 4 is 5.82 Å². The Kier molecular flexibility index (Phi) is 2.98. The van der Waals surface area contributed by atoms with Crippen molar-refractivity contribution in [3.8, 4) is 0 Å². The number of nitrogens with one attached hydrogen (secondary N) is 1. The van der Waals surface area contributed by atoms with Gasteiger partial charge in [0.25, 0.3) is 0 Å². The van der Waals surface area contributed by atoms with Crippen molar-refractivity contribution in [3.05, 3.63) is 17.8 Å². The lowest BCUT2D eigenvalue weighted by molar-refractivity contribution is 0.375. The summed E-state index contributed by atoms with van der Waals surface area (Å²) in [5.74, 6) is 1.69. The minimum absolute atomic E-state index is 0.116. The largest absolute Gasteiger partial charge is 0.347 e. The summed E-state index contributed by atoms with van der Waals surface area (Å²) in [4.78, 5) is 2.36. The first-order valence-electron chi connectivity index (χ1n) is 6.99. The molecule has 1 aliphatic heterocycles. The number of aromatic nitrogens is 2. The van der Waals surface area contributed by atoms with Crippen LogP contribution in [0.4, 0.5) is 5.82 Å². The van der Waals surface area contributed by atoms with Gasteiger partial charge < -0.3 is 10.2 Å². The molecule has 18 heavy (non-hydrogen) atoms. The number of hydrogen-bond acceptors (Lipinski definition) is 4. The molecule has 1 aliphatic carbocycles. The monoisotopic (exact) mass is 246 g/mol. The summed E-state index contributed by atoms with van der Waals surface area (Å²) in [5.41, 5.74) is 1.29. The molecule has 0 bridgehead atoms. The maximum absolute atomic E-state index is 4.45. The first-order chi connectivity index (χ1) is 8.67. The average molecular weight is 246 g/mol. The van der Waals surface area contributed by atoms with E-state index in [2.05, 4.69) is 46.4 Å². The lowest BCUT2D eigenvalue weighted by atomic mass is 9.83. The summed E-state index contributed by atoms with van der Waals surface area (Å²) < 4.78 is 0. The quantitative estimate of drug-likeness (QED) is 0.865. The molecule has 2 aliphatic rings. The summed E-state index contributed by atoms with van der Waals surface area (Å²) >= 11 is 0. The van der Waals surface area contributed by atoms with Gasteiger partial charge in [0, 0.05) is 31.1 Å². The van der Waals surface area contributed by atoms with Crippen LogP contribution < -0.4 is 10.2 Å². The normalized spacial score (nSPS) is 23.8. The Morgan fingerprint density at radius 2 is 2.11 bits per heavy atom. The number of anilines is 1. The van der Waals surface area contributed by atoms with Gasteiger partial charge in [-0.1, -0.05) is 6.42 Å². The molecular weight excluding hydrogens is 224 g/mol. The molecule has 0 spiro atoms. The van der Waals surface area contributed by atoms with Crippen LogP contribution in [0, 0.1) is 0 Å². The highest BCUT2D eigenvalue weighted by molar-refractivity contribution is 5.42. The van der Waals surface area contributed by atoms with Crippen LogP contribution in [-0.2, 0) is 0 Å². The molecule has 1 aromatic heterocycles. The number of piperazine rings is 1. The van der Waals surface area contributed by atoms with Gasteiger partial charge in [0.05, 0.1) is 5.69 Å². The third-order valence-electron chi connectivity index (χ3n) is 4.27. The highest BCUT2D eigenvalue weighted by Gasteiger charge is 2.31. The predicted octanol–water partition coefficient (Wildman–Crippen LogP) is 1.93. The SMILES string of the molecule is CC1(C)CNCCN1c1ccc(C2CCC2)nn1. The molecule has 0 amide bonds. The fourth-order valence-electron chi connectivity index (χ4n) is 2.81. The van der Waals surface area contributed by atoms with Gasteiger partial charge in [0.2, 0.25) is 0 Å². The first-order valence-corrected chi connectivity index (χ1v) is 6.99. The Morgan fingerprint density at radius 1 is 1.28 bits per heavy atom. The Bertz CT molecular complexity index is 408. The predicted molar refractivity (Wildman–Crippen MR) is 72.9 cm³/mol. The van der Waals surface area contributed by atoms with Crippen molar-refractivity contribution in [2.45, 2.75) is 44.6 Å². The van der Waals surface area contributed by atoms with E-state index < -0.39 is 0 Å². The molecule has 0 radical (unpaired) electrons. The van der Waals surface area contributed by atoms with Gasteiger partial charge in [-0.05, 0) is 38.8 Å². The van der Waals surface area contributed by atoms with E-state index in [0.717, 1.165) is 25.5 Å². The zero-order chi connectivity index (χ0) is 12.6. The van der Waals surface area contributed by atoms with Gasteiger partial charge in [-0.2, -0.15) is 5.10 Å². The van der Waals surface area contributed by atoms with E-state index in [4.69, 9.17) is 0 Å². The summed E-state index contributed by atoms with van der Waals surface area (Å²) in [6, 6.07) is 4.32. The minimum Gasteiger partial charge on any atom is -0.347 e. The van der Waals surface area contributed by atoms with Gasteiger partial charge in [0.1, 0.15) is 0 Å². The van der Waals surface area contributed by atoms with Crippen molar-refractivity contribution < 1.29 is 0 Å². The van der Waals surface area contributed by atoms with Gasteiger partial charge in [-0.25, -0.2) is 0 Å². The molecule has 4 heteroatoms. The van der Waals surface area contributed by atoms with Crippen molar-refractivity contribution in [2.75, 3.05) is 24.5 Å². The van der Waals surface area contributed by atoms with Crippen molar-refractivity contribution in [1.29, 1.82) is 0 Å². The summed E-state index contributed by atoms with van der Waals surface area (Å²) in [6.45, 7) is 7.53. The molecule has 0 unspecified atom stereocenters. The van der Waals surface area contributed by atoms with E-state index in [9.17, 15) is 0 Å². The second-order valence-electron chi connectivity index (χ2n) is 6.09. The van der Waals surface area contributed by atoms with Crippen LogP contribution in [0.5, 0.6) is 0 Å². The molecule has 2 fully saturated rings. The molecular formula is C14H22N4. The highest BCUT2D eigenvalue weighted by Crippen LogP contribution is 2.35. The molecule has 4 nitrogen and oxygen atoms in total. The average Bonchev–Trinajstić information content (AvgIpc) is 2.28. The first kappa shape index (κ1) is 11.9. The summed E-state index contributed by atoms with van der Waals surface area (Å²) in [6.07, 6.45) is 3.92. The summed E-state index contributed by atoms with van der Waals surface area (Å²) in [5, 5.41) is 12.3. The Hall–Kier alpha value is -1.16. The van der Waals surface area contributed by atoms with E-state index in [1.165, 1.54) is 25.0 Å². The van der Waals surface area contributed by atoms with Crippen LogP contribution in [0.15, 0.2) is 12.1 Å². The highest BCUT2D eigenvalue weighted by atomic mass is 15.3. The van der Waals surface area contributed by atoms with Gasteiger partial charge in [0.15, 0.2) is 5.82 Å². The van der Waals surface area contributed by atoms with E-state index in [1.807, 2.05) is 0 Å². The minimum atomic E-state index is 0.116. The van der Waals surface area contributed by atoms with E-state index in [1.54, 1.807) is 0 Å². The molecule has 2 heterocycles. The van der Waals surface area contributed by atoms with Gasteiger partial charge in [-0.15, -0.1) is 5.10 Å². The lowest BCUT2D eigenvalue weighted by Crippen LogP contribution is -2.58. The third kappa shape index (κ3) is 2.09. The zero-order valence-corrected chi connectivity index (χ0v) is 11.3. The molecule has 98 valence electrons. The maximum Gasteiger partial charge on any atom is 0.151 e. The molecule has 1 saturated carbocycles. The molecule has 0 atom stereocenters. The molecule has 1 aromatic rings. The second kappa shape index (κ2) is 4.50. The fourth-order valence-corrected chi connectivity index (χ4v) is 2.81. The number of nitrogens with zero attached hydrogens (tertiary/aromatic N) is 3. The second-order valence-corrected chi connectivity index (χ2v) is 6.09. The van der Waals surface area contributed by atoms with Crippen LogP contribution in [0.25, 0.3) is 0 Å². The van der Waals surface area contributed by atoms with Crippen molar-refractivity contribution in [1.82, 2.24) is 15.5 Å². The number of hydrogen-bond donors (Lipinski definition) is 1. The van der Waals surface area contributed by atoms with Gasteiger partial charge in [-0.3, -0.25) is 0 Å². The topological polar surface area (TPSA) is 41.0 Å². The van der Waals surface area contributed by atoms with Crippen LogP contribution in [0.1, 0.15) is 44.7 Å². The molecule has 3 rings (SSSR count). The van der Waals surface area contributed by atoms with Crippen LogP contribution in [0.2, 0.25) is 0 Å². The van der Waals surface area contributed by atoms with Crippen molar-refractivity contribution in [3.63, 3.8) is 0 Å². The van der Waals surface area contributed by atoms with Crippen molar-refractivity contribution in [2.24, 2.45) is 0 Å².